The number of ether oxygens (including phenoxy) is 1. The maximum atomic E-state index is 11.3. The molecule has 1 heterocycles. The fourth-order valence-corrected chi connectivity index (χ4v) is 1.78. The maximum Gasteiger partial charge on any atom is 0.306 e. The molecule has 2 N–H and O–H groups in total. The molecule has 0 fully saturated rings. The third-order valence-electron chi connectivity index (χ3n) is 1.55. The number of carbonyl (C=O) groups is 1. The Bertz CT molecular complexity index is 411. The zero-order valence-electron chi connectivity index (χ0n) is 8.06. The van der Waals surface area contributed by atoms with Crippen molar-refractivity contribution in [3.05, 3.63) is 12.4 Å². The largest absolute Gasteiger partial charge is 0.469 e. The maximum absolute atomic E-state index is 11.3. The lowest BCUT2D eigenvalue weighted by atomic mass is 10.5. The molecular weight excluding hydrogens is 222 g/mol. The Balaban J connectivity index is 2.50. The van der Waals surface area contributed by atoms with Crippen LogP contribution in [0.2, 0.25) is 0 Å². The third kappa shape index (κ3) is 3.98. The molecule has 0 amide bonds. The fraction of sp³-hybridized carbons (Fsp3) is 0.429. The van der Waals surface area contributed by atoms with E-state index in [1.807, 2.05) is 0 Å². The average Bonchev–Trinajstić information content (AvgIpc) is 2.66. The lowest BCUT2D eigenvalue weighted by Gasteiger charge is -2.03. The van der Waals surface area contributed by atoms with Crippen LogP contribution in [0.1, 0.15) is 6.42 Å². The van der Waals surface area contributed by atoms with E-state index in [1.54, 1.807) is 0 Å². The highest BCUT2D eigenvalue weighted by Gasteiger charge is 2.14. The van der Waals surface area contributed by atoms with E-state index < -0.39 is 16.0 Å². The first-order chi connectivity index (χ1) is 7.03. The van der Waals surface area contributed by atoms with Gasteiger partial charge in [0, 0.05) is 12.4 Å². The molecule has 15 heavy (non-hydrogen) atoms. The van der Waals surface area contributed by atoms with Crippen molar-refractivity contribution < 1.29 is 17.9 Å². The van der Waals surface area contributed by atoms with E-state index in [0.29, 0.717) is 0 Å². The lowest BCUT2D eigenvalue weighted by molar-refractivity contribution is -0.140. The summed E-state index contributed by atoms with van der Waals surface area (Å²) < 4.78 is 29.2. The van der Waals surface area contributed by atoms with Gasteiger partial charge in [-0.25, -0.2) is 13.4 Å². The van der Waals surface area contributed by atoms with E-state index in [1.165, 1.54) is 19.5 Å². The Hall–Kier alpha value is -1.57. The summed E-state index contributed by atoms with van der Waals surface area (Å²) in [6.07, 6.45) is 2.71. The summed E-state index contributed by atoms with van der Waals surface area (Å²) in [5.41, 5.74) is 0. The molecule has 0 unspecified atom stereocenters. The number of aromatic amines is 1. The van der Waals surface area contributed by atoms with Crippen molar-refractivity contribution in [2.75, 3.05) is 17.6 Å². The Morgan fingerprint density at radius 2 is 2.40 bits per heavy atom. The summed E-state index contributed by atoms with van der Waals surface area (Å²) >= 11 is 0. The van der Waals surface area contributed by atoms with Gasteiger partial charge in [-0.3, -0.25) is 9.52 Å². The zero-order chi connectivity index (χ0) is 11.3. The number of aromatic nitrogens is 2. The number of carbonyl (C=O) groups excluding carboxylic acids is 1. The van der Waals surface area contributed by atoms with Crippen molar-refractivity contribution in [2.45, 2.75) is 6.42 Å². The van der Waals surface area contributed by atoms with Crippen LogP contribution in [0.25, 0.3) is 0 Å². The first-order valence-corrected chi connectivity index (χ1v) is 5.75. The Morgan fingerprint density at radius 3 is 2.93 bits per heavy atom. The number of H-pyrrole nitrogens is 1. The smallest absolute Gasteiger partial charge is 0.306 e. The van der Waals surface area contributed by atoms with E-state index >= 15 is 0 Å². The van der Waals surface area contributed by atoms with Crippen LogP contribution < -0.4 is 4.72 Å². The van der Waals surface area contributed by atoms with Crippen molar-refractivity contribution in [3.63, 3.8) is 0 Å². The van der Waals surface area contributed by atoms with Gasteiger partial charge in [0.25, 0.3) is 0 Å². The van der Waals surface area contributed by atoms with E-state index in [4.69, 9.17) is 0 Å². The third-order valence-corrected chi connectivity index (χ3v) is 2.80. The Kier molecular flexibility index (Phi) is 3.67. The second-order valence-corrected chi connectivity index (χ2v) is 4.53. The van der Waals surface area contributed by atoms with Gasteiger partial charge in [-0.05, 0) is 0 Å². The number of methoxy groups -OCH3 is 1. The van der Waals surface area contributed by atoms with Gasteiger partial charge in [0.1, 0.15) is 0 Å². The van der Waals surface area contributed by atoms with E-state index in [2.05, 4.69) is 19.4 Å². The molecule has 0 aliphatic heterocycles. The number of anilines is 1. The van der Waals surface area contributed by atoms with Gasteiger partial charge in [0.05, 0.1) is 19.3 Å². The van der Waals surface area contributed by atoms with Crippen LogP contribution in [0.3, 0.4) is 0 Å². The first-order valence-electron chi connectivity index (χ1n) is 4.10. The van der Waals surface area contributed by atoms with Crippen LogP contribution >= 0.6 is 0 Å². The van der Waals surface area contributed by atoms with Crippen molar-refractivity contribution in [1.82, 2.24) is 9.97 Å². The molecule has 0 atom stereocenters. The van der Waals surface area contributed by atoms with Crippen LogP contribution in [0.15, 0.2) is 12.4 Å². The lowest BCUT2D eigenvalue weighted by Crippen LogP contribution is -2.20. The van der Waals surface area contributed by atoms with Gasteiger partial charge >= 0.3 is 5.97 Å². The molecule has 8 heteroatoms. The van der Waals surface area contributed by atoms with Crippen molar-refractivity contribution in [2.24, 2.45) is 0 Å². The molecule has 7 nitrogen and oxygen atoms in total. The van der Waals surface area contributed by atoms with Crippen molar-refractivity contribution in [3.8, 4) is 0 Å². The normalized spacial score (nSPS) is 11.0. The molecule has 0 aliphatic carbocycles. The van der Waals surface area contributed by atoms with Crippen LogP contribution in [-0.4, -0.2) is 37.2 Å². The van der Waals surface area contributed by atoms with Gasteiger partial charge in [0.2, 0.25) is 16.0 Å². The summed E-state index contributed by atoms with van der Waals surface area (Å²) in [6, 6.07) is 0. The second-order valence-electron chi connectivity index (χ2n) is 2.68. The number of sulfonamides is 1. The number of hydrogen-bond donors (Lipinski definition) is 2. The number of esters is 1. The molecule has 1 rings (SSSR count). The summed E-state index contributed by atoms with van der Waals surface area (Å²) in [6.45, 7) is 0. The number of hydrogen-bond acceptors (Lipinski definition) is 5. The first kappa shape index (κ1) is 11.5. The molecule has 0 bridgehead atoms. The average molecular weight is 233 g/mol. The molecule has 1 aromatic rings. The second kappa shape index (κ2) is 4.78. The molecule has 0 aromatic carbocycles. The van der Waals surface area contributed by atoms with E-state index in [-0.39, 0.29) is 18.1 Å². The molecule has 0 saturated heterocycles. The van der Waals surface area contributed by atoms with Crippen LogP contribution in [-0.2, 0) is 19.6 Å². The molecule has 0 spiro atoms. The predicted octanol–water partition coefficient (Wildman–Crippen LogP) is -0.286. The van der Waals surface area contributed by atoms with Gasteiger partial charge in [-0.1, -0.05) is 0 Å². The number of nitrogens with zero attached hydrogens (tertiary/aromatic N) is 1. The zero-order valence-corrected chi connectivity index (χ0v) is 8.87. The number of rotatable bonds is 5. The minimum Gasteiger partial charge on any atom is -0.469 e. The summed E-state index contributed by atoms with van der Waals surface area (Å²) in [4.78, 5) is 17.0. The summed E-state index contributed by atoms with van der Waals surface area (Å²) in [5, 5.41) is 0. The van der Waals surface area contributed by atoms with Crippen LogP contribution in [0.5, 0.6) is 0 Å². The highest BCUT2D eigenvalue weighted by molar-refractivity contribution is 7.92. The monoisotopic (exact) mass is 233 g/mol. The molecule has 1 aromatic heterocycles. The highest BCUT2D eigenvalue weighted by Crippen LogP contribution is 2.01. The number of nitrogens with one attached hydrogen (secondary N) is 2. The van der Waals surface area contributed by atoms with Crippen LogP contribution in [0.4, 0.5) is 5.95 Å². The number of imidazole rings is 1. The quantitative estimate of drug-likeness (QED) is 0.681. The minimum atomic E-state index is -3.55. The molecular formula is C7H11N3O4S. The Morgan fingerprint density at radius 1 is 1.67 bits per heavy atom. The topological polar surface area (TPSA) is 101 Å². The SMILES string of the molecule is COC(=O)CCS(=O)(=O)Nc1ncc[nH]1. The Labute approximate surface area is 86.9 Å². The molecule has 0 saturated carbocycles. The molecule has 0 aliphatic rings. The van der Waals surface area contributed by atoms with E-state index in [0.717, 1.165) is 0 Å². The van der Waals surface area contributed by atoms with E-state index in [9.17, 15) is 13.2 Å². The minimum absolute atomic E-state index is 0.125. The van der Waals surface area contributed by atoms with Gasteiger partial charge in [0.15, 0.2) is 0 Å². The molecule has 0 radical (unpaired) electrons. The van der Waals surface area contributed by atoms with Gasteiger partial charge in [-0.2, -0.15) is 0 Å². The highest BCUT2D eigenvalue weighted by atomic mass is 32.2. The summed E-state index contributed by atoms with van der Waals surface area (Å²) in [7, 11) is -2.35. The fourth-order valence-electron chi connectivity index (χ4n) is 0.839. The summed E-state index contributed by atoms with van der Waals surface area (Å²) in [5.74, 6) is -0.778. The van der Waals surface area contributed by atoms with Gasteiger partial charge < -0.3 is 9.72 Å². The molecule has 84 valence electrons. The standard InChI is InChI=1S/C7H11N3O4S/c1-14-6(11)2-5-15(12,13)10-7-8-3-4-9-7/h3-4H,2,5H2,1H3,(H2,8,9,10). The van der Waals surface area contributed by atoms with Crippen LogP contribution in [0, 0.1) is 0 Å². The van der Waals surface area contributed by atoms with Crippen molar-refractivity contribution in [1.29, 1.82) is 0 Å². The van der Waals surface area contributed by atoms with Crippen molar-refractivity contribution >= 4 is 21.9 Å². The van der Waals surface area contributed by atoms with Gasteiger partial charge in [-0.15, -0.1) is 0 Å². The predicted molar refractivity (Wildman–Crippen MR) is 52.6 cm³/mol.